The van der Waals surface area contributed by atoms with Crippen LogP contribution >= 0.6 is 0 Å². The van der Waals surface area contributed by atoms with Gasteiger partial charge < -0.3 is 14.8 Å². The SMILES string of the molecule is COc1cccc(OC)c1C1=N/C(=C\c2ccc(C)cc2C)C(=O)N1. The molecule has 1 N–H and O–H groups in total. The number of nitrogens with zero attached hydrogens (tertiary/aromatic N) is 1. The molecule has 1 aliphatic heterocycles. The molecule has 0 saturated carbocycles. The Hall–Kier alpha value is -3.08. The lowest BCUT2D eigenvalue weighted by molar-refractivity contribution is -0.115. The molecule has 0 spiro atoms. The predicted molar refractivity (Wildman–Crippen MR) is 98.1 cm³/mol. The minimum Gasteiger partial charge on any atom is -0.496 e. The van der Waals surface area contributed by atoms with Crippen molar-refractivity contribution >= 4 is 17.8 Å². The van der Waals surface area contributed by atoms with E-state index in [1.54, 1.807) is 32.4 Å². The maximum absolute atomic E-state index is 12.4. The van der Waals surface area contributed by atoms with Crippen LogP contribution in [-0.4, -0.2) is 26.0 Å². The van der Waals surface area contributed by atoms with E-state index in [4.69, 9.17) is 9.47 Å². The van der Waals surface area contributed by atoms with Crippen LogP contribution in [0.4, 0.5) is 0 Å². The summed E-state index contributed by atoms with van der Waals surface area (Å²) in [5.41, 5.74) is 4.23. The molecule has 128 valence electrons. The number of aliphatic imine (C=N–C) groups is 1. The molecule has 0 bridgehead atoms. The Labute approximate surface area is 147 Å². The first kappa shape index (κ1) is 16.8. The zero-order chi connectivity index (χ0) is 18.0. The Balaban J connectivity index is 2.05. The summed E-state index contributed by atoms with van der Waals surface area (Å²) in [7, 11) is 3.14. The smallest absolute Gasteiger partial charge is 0.275 e. The maximum Gasteiger partial charge on any atom is 0.275 e. The van der Waals surface area contributed by atoms with Crippen LogP contribution in [0.3, 0.4) is 0 Å². The standard InChI is InChI=1S/C20H20N2O3/c1-12-8-9-14(13(2)10-12)11-15-20(23)22-19(21-15)18-16(24-3)6-5-7-17(18)25-4/h5-11H,1-4H3,(H,21,22,23)/b15-11-. The second-order valence-corrected chi connectivity index (χ2v) is 5.84. The lowest BCUT2D eigenvalue weighted by Crippen LogP contribution is -2.25. The molecule has 25 heavy (non-hydrogen) atoms. The van der Waals surface area contributed by atoms with Gasteiger partial charge in [-0.25, -0.2) is 4.99 Å². The normalized spacial score (nSPS) is 15.1. The number of hydrogen-bond acceptors (Lipinski definition) is 4. The lowest BCUT2D eigenvalue weighted by Gasteiger charge is -2.12. The van der Waals surface area contributed by atoms with Crippen molar-refractivity contribution in [1.29, 1.82) is 0 Å². The number of carbonyl (C=O) groups excluding carboxylic acids is 1. The van der Waals surface area contributed by atoms with E-state index in [0.29, 0.717) is 28.6 Å². The van der Waals surface area contributed by atoms with Gasteiger partial charge >= 0.3 is 0 Å². The Morgan fingerprint density at radius 1 is 1.04 bits per heavy atom. The van der Waals surface area contributed by atoms with Crippen molar-refractivity contribution in [3.8, 4) is 11.5 Å². The van der Waals surface area contributed by atoms with Crippen molar-refractivity contribution in [3.63, 3.8) is 0 Å². The number of carbonyl (C=O) groups is 1. The van der Waals surface area contributed by atoms with Crippen molar-refractivity contribution in [2.75, 3.05) is 14.2 Å². The summed E-state index contributed by atoms with van der Waals surface area (Å²) in [4.78, 5) is 16.8. The first-order valence-electron chi connectivity index (χ1n) is 7.94. The van der Waals surface area contributed by atoms with Crippen molar-refractivity contribution in [3.05, 3.63) is 64.3 Å². The molecule has 0 saturated heterocycles. The van der Waals surface area contributed by atoms with Gasteiger partial charge in [-0.2, -0.15) is 0 Å². The molecule has 5 nitrogen and oxygen atoms in total. The van der Waals surface area contributed by atoms with Crippen molar-refractivity contribution in [2.45, 2.75) is 13.8 Å². The fraction of sp³-hybridized carbons (Fsp3) is 0.200. The lowest BCUT2D eigenvalue weighted by atomic mass is 10.0. The van der Waals surface area contributed by atoms with Gasteiger partial charge in [-0.1, -0.05) is 29.8 Å². The van der Waals surface area contributed by atoms with Crippen LogP contribution in [0.2, 0.25) is 0 Å². The molecule has 3 rings (SSSR count). The highest BCUT2D eigenvalue weighted by Crippen LogP contribution is 2.30. The van der Waals surface area contributed by atoms with Gasteiger partial charge in [0.15, 0.2) is 0 Å². The van der Waals surface area contributed by atoms with E-state index in [9.17, 15) is 4.79 Å². The predicted octanol–water partition coefficient (Wildman–Crippen LogP) is 3.24. The monoisotopic (exact) mass is 336 g/mol. The van der Waals surface area contributed by atoms with Crippen LogP contribution in [0, 0.1) is 13.8 Å². The van der Waals surface area contributed by atoms with Gasteiger partial charge in [-0.15, -0.1) is 0 Å². The summed E-state index contributed by atoms with van der Waals surface area (Å²) in [6.07, 6.45) is 1.79. The van der Waals surface area contributed by atoms with E-state index in [1.165, 1.54) is 5.56 Å². The molecule has 1 aliphatic rings. The van der Waals surface area contributed by atoms with Crippen molar-refractivity contribution < 1.29 is 14.3 Å². The third-order valence-electron chi connectivity index (χ3n) is 4.08. The molecule has 0 radical (unpaired) electrons. The van der Waals surface area contributed by atoms with Crippen LogP contribution in [0.15, 0.2) is 47.1 Å². The molecule has 0 atom stereocenters. The van der Waals surface area contributed by atoms with E-state index in [2.05, 4.69) is 16.4 Å². The molecule has 5 heteroatoms. The second-order valence-electron chi connectivity index (χ2n) is 5.84. The highest BCUT2D eigenvalue weighted by molar-refractivity contribution is 6.21. The van der Waals surface area contributed by atoms with Gasteiger partial charge in [0.25, 0.3) is 5.91 Å². The van der Waals surface area contributed by atoms with Gasteiger partial charge in [0, 0.05) is 0 Å². The Bertz CT molecular complexity index is 876. The van der Waals surface area contributed by atoms with E-state index in [1.807, 2.05) is 32.0 Å². The molecule has 0 aromatic heterocycles. The molecule has 0 unspecified atom stereocenters. The van der Waals surface area contributed by atoms with Gasteiger partial charge in [0.2, 0.25) is 0 Å². The quantitative estimate of drug-likeness (QED) is 0.872. The Morgan fingerprint density at radius 3 is 2.32 bits per heavy atom. The number of rotatable bonds is 4. The number of benzene rings is 2. The molecular formula is C20H20N2O3. The second kappa shape index (κ2) is 6.81. The van der Waals surface area contributed by atoms with E-state index in [0.717, 1.165) is 11.1 Å². The minimum atomic E-state index is -0.247. The van der Waals surface area contributed by atoms with E-state index in [-0.39, 0.29) is 5.91 Å². The fourth-order valence-electron chi connectivity index (χ4n) is 2.81. The van der Waals surface area contributed by atoms with Gasteiger partial charge in [-0.05, 0) is 43.2 Å². The first-order chi connectivity index (χ1) is 12.0. The topological polar surface area (TPSA) is 59.9 Å². The van der Waals surface area contributed by atoms with Gasteiger partial charge in [-0.3, -0.25) is 4.79 Å². The first-order valence-corrected chi connectivity index (χ1v) is 7.94. The number of methoxy groups -OCH3 is 2. The number of nitrogens with one attached hydrogen (secondary N) is 1. The summed E-state index contributed by atoms with van der Waals surface area (Å²) >= 11 is 0. The number of amides is 1. The van der Waals surface area contributed by atoms with Crippen molar-refractivity contribution in [2.24, 2.45) is 4.99 Å². The summed E-state index contributed by atoms with van der Waals surface area (Å²) in [5, 5.41) is 2.80. The zero-order valence-corrected chi connectivity index (χ0v) is 14.7. The number of amidine groups is 1. The highest BCUT2D eigenvalue weighted by atomic mass is 16.5. The summed E-state index contributed by atoms with van der Waals surface area (Å²) in [6.45, 7) is 4.05. The number of ether oxygens (including phenoxy) is 2. The fourth-order valence-corrected chi connectivity index (χ4v) is 2.81. The molecular weight excluding hydrogens is 316 g/mol. The number of aryl methyl sites for hydroxylation is 2. The minimum absolute atomic E-state index is 0.247. The Morgan fingerprint density at radius 2 is 1.72 bits per heavy atom. The van der Waals surface area contributed by atoms with Gasteiger partial charge in [0.05, 0.1) is 14.2 Å². The highest BCUT2D eigenvalue weighted by Gasteiger charge is 2.26. The summed E-state index contributed by atoms with van der Waals surface area (Å²) in [5.74, 6) is 1.36. The molecule has 0 fully saturated rings. The summed E-state index contributed by atoms with van der Waals surface area (Å²) in [6, 6.07) is 11.5. The van der Waals surface area contributed by atoms with Crippen molar-refractivity contribution in [1.82, 2.24) is 5.32 Å². The molecule has 2 aromatic rings. The number of hydrogen-bond donors (Lipinski definition) is 1. The van der Waals surface area contributed by atoms with Crippen LogP contribution < -0.4 is 14.8 Å². The average Bonchev–Trinajstić information content (AvgIpc) is 2.96. The molecule has 2 aromatic carbocycles. The van der Waals surface area contributed by atoms with E-state index >= 15 is 0 Å². The molecule has 1 amide bonds. The molecule has 1 heterocycles. The Kier molecular flexibility index (Phi) is 4.57. The third-order valence-corrected chi connectivity index (χ3v) is 4.08. The zero-order valence-electron chi connectivity index (χ0n) is 14.7. The summed E-state index contributed by atoms with van der Waals surface area (Å²) < 4.78 is 10.8. The van der Waals surface area contributed by atoms with E-state index < -0.39 is 0 Å². The largest absolute Gasteiger partial charge is 0.496 e. The van der Waals surface area contributed by atoms with Crippen LogP contribution in [0.5, 0.6) is 11.5 Å². The molecule has 0 aliphatic carbocycles. The maximum atomic E-state index is 12.4. The van der Waals surface area contributed by atoms with Crippen LogP contribution in [0.1, 0.15) is 22.3 Å². The van der Waals surface area contributed by atoms with Crippen LogP contribution in [0.25, 0.3) is 6.08 Å². The van der Waals surface area contributed by atoms with Crippen LogP contribution in [-0.2, 0) is 4.79 Å². The van der Waals surface area contributed by atoms with Gasteiger partial charge in [0.1, 0.15) is 28.6 Å². The third kappa shape index (κ3) is 3.26. The average molecular weight is 336 g/mol.